The molecule has 0 fully saturated rings. The molecule has 0 saturated heterocycles. The Hall–Kier alpha value is -1.46. The molecular formula is C30H55N3O2. The van der Waals surface area contributed by atoms with Crippen LogP contribution in [0.15, 0.2) is 29.5 Å². The largest absolute Gasteiger partial charge is 0.544 e. The SMILES string of the molecule is CCCCCCCC/C=C/CCCCCCCCCCCCCC1=NC=C[N+]1(CCN)CC(=O)[O-]. The van der Waals surface area contributed by atoms with Gasteiger partial charge in [0.15, 0.2) is 0 Å². The van der Waals surface area contributed by atoms with E-state index in [1.54, 1.807) is 6.20 Å². The van der Waals surface area contributed by atoms with Crippen molar-refractivity contribution in [3.63, 3.8) is 0 Å². The van der Waals surface area contributed by atoms with E-state index in [9.17, 15) is 9.90 Å². The quantitative estimate of drug-likeness (QED) is 0.0872. The normalized spacial score (nSPS) is 17.5. The third-order valence-corrected chi connectivity index (χ3v) is 7.19. The summed E-state index contributed by atoms with van der Waals surface area (Å²) >= 11 is 0. The highest BCUT2D eigenvalue weighted by Crippen LogP contribution is 2.21. The minimum absolute atomic E-state index is 0.0670. The van der Waals surface area contributed by atoms with Crippen molar-refractivity contribution >= 4 is 11.8 Å². The molecule has 0 radical (unpaired) electrons. The van der Waals surface area contributed by atoms with E-state index in [1.807, 2.05) is 6.20 Å². The van der Waals surface area contributed by atoms with Gasteiger partial charge in [0, 0.05) is 13.0 Å². The van der Waals surface area contributed by atoms with Crippen LogP contribution in [-0.4, -0.2) is 35.9 Å². The first-order valence-corrected chi connectivity index (χ1v) is 14.8. The Kier molecular flexibility index (Phi) is 19.7. The van der Waals surface area contributed by atoms with Crippen LogP contribution < -0.4 is 10.8 Å². The summed E-state index contributed by atoms with van der Waals surface area (Å²) in [5.74, 6) is -0.124. The maximum Gasteiger partial charge on any atom is 0.207 e. The number of rotatable bonds is 25. The molecule has 35 heavy (non-hydrogen) atoms. The highest BCUT2D eigenvalue weighted by atomic mass is 16.4. The van der Waals surface area contributed by atoms with Gasteiger partial charge < -0.3 is 15.6 Å². The zero-order chi connectivity index (χ0) is 25.5. The second-order valence-corrected chi connectivity index (χ2v) is 10.4. The van der Waals surface area contributed by atoms with Gasteiger partial charge in [-0.3, -0.25) is 0 Å². The molecule has 0 amide bonds. The first-order valence-electron chi connectivity index (χ1n) is 14.8. The first-order chi connectivity index (χ1) is 17.1. The van der Waals surface area contributed by atoms with Gasteiger partial charge in [-0.2, -0.15) is 0 Å². The molecule has 1 rings (SSSR count). The lowest BCUT2D eigenvalue weighted by Crippen LogP contribution is -2.55. The van der Waals surface area contributed by atoms with Gasteiger partial charge in [0.05, 0.1) is 12.2 Å². The fourth-order valence-electron chi connectivity index (χ4n) is 5.04. The molecule has 0 saturated carbocycles. The fourth-order valence-corrected chi connectivity index (χ4v) is 5.04. The molecule has 1 atom stereocenters. The van der Waals surface area contributed by atoms with Gasteiger partial charge in [-0.05, 0) is 32.1 Å². The summed E-state index contributed by atoms with van der Waals surface area (Å²) in [6.45, 7) is 3.22. The van der Waals surface area contributed by atoms with Crippen LogP contribution >= 0.6 is 0 Å². The monoisotopic (exact) mass is 489 g/mol. The minimum Gasteiger partial charge on any atom is -0.544 e. The van der Waals surface area contributed by atoms with E-state index < -0.39 is 5.97 Å². The molecule has 202 valence electrons. The lowest BCUT2D eigenvalue weighted by atomic mass is 10.0. The average molecular weight is 490 g/mol. The van der Waals surface area contributed by atoms with E-state index in [0.29, 0.717) is 13.1 Å². The van der Waals surface area contributed by atoms with Gasteiger partial charge in [-0.1, -0.05) is 109 Å². The van der Waals surface area contributed by atoms with Crippen LogP contribution in [0.25, 0.3) is 0 Å². The summed E-state index contributed by atoms with van der Waals surface area (Å²) in [6.07, 6.45) is 34.5. The molecule has 1 heterocycles. The highest BCUT2D eigenvalue weighted by Gasteiger charge is 2.34. The van der Waals surface area contributed by atoms with Crippen LogP contribution in [0.3, 0.4) is 0 Å². The van der Waals surface area contributed by atoms with Gasteiger partial charge in [0.25, 0.3) is 0 Å². The molecule has 0 aromatic heterocycles. The summed E-state index contributed by atoms with van der Waals surface area (Å²) in [5, 5.41) is 11.2. The Bertz CT molecular complexity index is 615. The molecule has 0 aromatic carbocycles. The predicted octanol–water partition coefficient (Wildman–Crippen LogP) is 6.77. The topological polar surface area (TPSA) is 78.5 Å². The summed E-state index contributed by atoms with van der Waals surface area (Å²) in [6, 6.07) is 0. The Morgan fingerprint density at radius 2 is 1.31 bits per heavy atom. The van der Waals surface area contributed by atoms with Crippen molar-refractivity contribution in [2.24, 2.45) is 10.7 Å². The Labute approximate surface area is 216 Å². The highest BCUT2D eigenvalue weighted by molar-refractivity contribution is 5.80. The van der Waals surface area contributed by atoms with Crippen LogP contribution in [0, 0.1) is 0 Å². The van der Waals surface area contributed by atoms with Crippen LogP contribution in [-0.2, 0) is 4.79 Å². The lowest BCUT2D eigenvalue weighted by Gasteiger charge is -2.32. The van der Waals surface area contributed by atoms with E-state index in [2.05, 4.69) is 24.1 Å². The zero-order valence-electron chi connectivity index (χ0n) is 22.9. The number of unbranched alkanes of at least 4 members (excludes halogenated alkanes) is 17. The molecule has 0 spiro atoms. The van der Waals surface area contributed by atoms with Crippen molar-refractivity contribution in [2.75, 3.05) is 19.6 Å². The Morgan fingerprint density at radius 3 is 1.80 bits per heavy atom. The minimum atomic E-state index is -1.05. The molecule has 1 aliphatic heterocycles. The second kappa shape index (κ2) is 21.8. The third kappa shape index (κ3) is 16.0. The van der Waals surface area contributed by atoms with E-state index >= 15 is 0 Å². The number of amidine groups is 1. The number of quaternary nitrogens is 1. The molecular weight excluding hydrogens is 434 g/mol. The Balaban J connectivity index is 1.88. The van der Waals surface area contributed by atoms with Gasteiger partial charge in [-0.25, -0.2) is 9.48 Å². The maximum atomic E-state index is 11.2. The summed E-state index contributed by atoms with van der Waals surface area (Å²) < 4.78 is 0.244. The van der Waals surface area contributed by atoms with Gasteiger partial charge in [0.1, 0.15) is 19.3 Å². The third-order valence-electron chi connectivity index (χ3n) is 7.19. The molecule has 2 N–H and O–H groups in total. The fraction of sp³-hybridized carbons (Fsp3) is 0.800. The van der Waals surface area contributed by atoms with E-state index in [0.717, 1.165) is 18.7 Å². The summed E-state index contributed by atoms with van der Waals surface area (Å²) in [7, 11) is 0. The molecule has 0 aliphatic carbocycles. The number of aliphatic imine (C=N–C) groups is 1. The van der Waals surface area contributed by atoms with Crippen LogP contribution in [0.2, 0.25) is 0 Å². The number of carbonyl (C=O) groups excluding carboxylic acids is 1. The molecule has 5 nitrogen and oxygen atoms in total. The number of hydrogen-bond acceptors (Lipinski definition) is 4. The first kappa shape index (κ1) is 31.6. The van der Waals surface area contributed by atoms with Crippen LogP contribution in [0.1, 0.15) is 135 Å². The second-order valence-electron chi connectivity index (χ2n) is 10.4. The number of nitrogens with two attached hydrogens (primary N) is 1. The van der Waals surface area contributed by atoms with Crippen molar-refractivity contribution in [1.82, 2.24) is 0 Å². The average Bonchev–Trinajstić information content (AvgIpc) is 3.21. The lowest BCUT2D eigenvalue weighted by molar-refractivity contribution is -0.780. The molecule has 1 aliphatic rings. The van der Waals surface area contributed by atoms with E-state index in [1.165, 1.54) is 116 Å². The summed E-state index contributed by atoms with van der Waals surface area (Å²) in [4.78, 5) is 15.6. The predicted molar refractivity (Wildman–Crippen MR) is 148 cm³/mol. The van der Waals surface area contributed by atoms with Crippen LogP contribution in [0.5, 0.6) is 0 Å². The summed E-state index contributed by atoms with van der Waals surface area (Å²) in [5.41, 5.74) is 5.72. The number of carboxylic acid groups (broad SMARTS) is 1. The zero-order valence-corrected chi connectivity index (χ0v) is 22.9. The van der Waals surface area contributed by atoms with Gasteiger partial charge >= 0.3 is 0 Å². The number of carbonyl (C=O) groups is 1. The molecule has 5 heteroatoms. The van der Waals surface area contributed by atoms with Crippen molar-refractivity contribution in [2.45, 2.75) is 135 Å². The Morgan fingerprint density at radius 1 is 0.829 bits per heavy atom. The maximum absolute atomic E-state index is 11.2. The number of hydrogen-bond donors (Lipinski definition) is 1. The van der Waals surface area contributed by atoms with E-state index in [-0.39, 0.29) is 11.0 Å². The molecule has 1 unspecified atom stereocenters. The van der Waals surface area contributed by atoms with Gasteiger partial charge in [-0.15, -0.1) is 0 Å². The van der Waals surface area contributed by atoms with Gasteiger partial charge in [0.2, 0.25) is 5.84 Å². The standard InChI is InChI=1S/C30H55N3O2/c1-2-3-4-5-6-7-8-9-10-11-12-13-14-15-16-17-18-19-20-21-22-23-29-32-25-27-33(29,26-24-31)28-30(34)35/h9-10,25,27H,2-8,11-24,26,28,31H2,1H3/b10-9+. The smallest absolute Gasteiger partial charge is 0.207 e. The number of nitrogens with zero attached hydrogens (tertiary/aromatic N) is 2. The molecule has 0 bridgehead atoms. The van der Waals surface area contributed by atoms with Crippen molar-refractivity contribution < 1.29 is 14.4 Å². The number of carboxylic acids is 1. The van der Waals surface area contributed by atoms with Crippen molar-refractivity contribution in [3.8, 4) is 0 Å². The van der Waals surface area contributed by atoms with Crippen molar-refractivity contribution in [3.05, 3.63) is 24.6 Å². The van der Waals surface area contributed by atoms with Crippen molar-refractivity contribution in [1.29, 1.82) is 0 Å². The number of aliphatic carboxylic acids is 1. The van der Waals surface area contributed by atoms with E-state index in [4.69, 9.17) is 5.73 Å². The molecule has 0 aromatic rings. The number of allylic oxidation sites excluding steroid dienone is 2. The van der Waals surface area contributed by atoms with Crippen LogP contribution in [0.4, 0.5) is 0 Å².